The van der Waals surface area contributed by atoms with Gasteiger partial charge in [0.05, 0.1) is 5.41 Å². The minimum atomic E-state index is -0.578. The summed E-state index contributed by atoms with van der Waals surface area (Å²) in [5, 5.41) is 14.3. The Hall–Kier alpha value is -0.610. The van der Waals surface area contributed by atoms with Crippen molar-refractivity contribution in [2.45, 2.75) is 88.7 Å². The quantitative estimate of drug-likeness (QED) is 0.683. The molecule has 4 heteroatoms. The molecule has 0 unspecified atom stereocenters. The summed E-state index contributed by atoms with van der Waals surface area (Å²) in [5.74, 6) is 4.98. The second-order valence-corrected chi connectivity index (χ2v) is 12.0. The minimum absolute atomic E-state index is 0.000421. The molecule has 8 aliphatic carbocycles. The lowest BCUT2D eigenvalue weighted by Gasteiger charge is -2.57. The molecule has 1 atom stereocenters. The van der Waals surface area contributed by atoms with Crippen molar-refractivity contribution in [2.75, 3.05) is 13.2 Å². The van der Waals surface area contributed by atoms with Crippen LogP contribution in [0.4, 0.5) is 0 Å². The van der Waals surface area contributed by atoms with Gasteiger partial charge in [-0.15, -0.1) is 0 Å². The van der Waals surface area contributed by atoms with Gasteiger partial charge in [0.15, 0.2) is 0 Å². The fourth-order valence-electron chi connectivity index (χ4n) is 9.41. The van der Waals surface area contributed by atoms with Crippen LogP contribution < -0.4 is 5.32 Å². The molecular formula is C24H37NO3. The minimum Gasteiger partial charge on any atom is -0.462 e. The van der Waals surface area contributed by atoms with E-state index in [0.29, 0.717) is 6.54 Å². The number of β-amino-alcohol motifs (C(OH)–C–C–N with tert-alkyl or cyclic N) is 1. The average Bonchev–Trinajstić information content (AvgIpc) is 2.62. The third-order valence-electron chi connectivity index (χ3n) is 9.63. The molecule has 156 valence electrons. The molecule has 0 saturated heterocycles. The summed E-state index contributed by atoms with van der Waals surface area (Å²) in [5.41, 5.74) is 0.0570. The van der Waals surface area contributed by atoms with Gasteiger partial charge in [0, 0.05) is 12.1 Å². The fraction of sp³-hybridized carbons (Fsp3) is 0.958. The third kappa shape index (κ3) is 3.05. The monoisotopic (exact) mass is 387 g/mol. The average molecular weight is 388 g/mol. The van der Waals surface area contributed by atoms with Crippen molar-refractivity contribution in [3.05, 3.63) is 0 Å². The molecule has 8 bridgehead atoms. The standard InChI is InChI=1S/C24H37NO3/c26-21(13-25-24-10-18-4-19(11-24)6-20(5-18)12-24)14-28-22(27)23-7-15-1-16(8-23)3-17(2-15)9-23/h15-21,25-26H,1-14H2/t15?,16?,17?,18?,19?,20?,21-,23?,24?/m1/s1. The molecule has 8 rings (SSSR count). The number of carbonyl (C=O) groups excluding carboxylic acids is 1. The molecule has 8 fully saturated rings. The van der Waals surface area contributed by atoms with Crippen LogP contribution in [0.15, 0.2) is 0 Å². The first-order chi connectivity index (χ1) is 13.5. The Morgan fingerprint density at radius 3 is 1.71 bits per heavy atom. The van der Waals surface area contributed by atoms with Gasteiger partial charge in [-0.2, -0.15) is 0 Å². The number of aliphatic hydroxyl groups is 1. The van der Waals surface area contributed by atoms with E-state index in [0.717, 1.165) is 54.8 Å². The number of carbonyl (C=O) groups is 1. The lowest BCUT2D eigenvalue weighted by atomic mass is 9.49. The van der Waals surface area contributed by atoms with Gasteiger partial charge >= 0.3 is 5.97 Å². The van der Waals surface area contributed by atoms with Crippen molar-refractivity contribution >= 4 is 5.97 Å². The van der Waals surface area contributed by atoms with Crippen molar-refractivity contribution in [1.82, 2.24) is 5.32 Å². The second-order valence-electron chi connectivity index (χ2n) is 12.0. The van der Waals surface area contributed by atoms with E-state index in [9.17, 15) is 9.90 Å². The highest BCUT2D eigenvalue weighted by Crippen LogP contribution is 2.60. The number of hydrogen-bond acceptors (Lipinski definition) is 4. The van der Waals surface area contributed by atoms with Gasteiger partial charge in [-0.3, -0.25) is 4.79 Å². The smallest absolute Gasteiger partial charge is 0.312 e. The molecule has 0 radical (unpaired) electrons. The molecular weight excluding hydrogens is 350 g/mol. The molecule has 0 spiro atoms. The molecule has 0 amide bonds. The van der Waals surface area contributed by atoms with Crippen LogP contribution in [0.25, 0.3) is 0 Å². The number of ether oxygens (including phenoxy) is 1. The van der Waals surface area contributed by atoms with Gasteiger partial charge in [-0.05, 0) is 113 Å². The van der Waals surface area contributed by atoms with Gasteiger partial charge in [-0.1, -0.05) is 0 Å². The molecule has 0 aromatic rings. The first-order valence-corrected chi connectivity index (χ1v) is 12.1. The topological polar surface area (TPSA) is 58.6 Å². The summed E-state index contributed by atoms with van der Waals surface area (Å²) < 4.78 is 5.73. The van der Waals surface area contributed by atoms with Crippen molar-refractivity contribution in [1.29, 1.82) is 0 Å². The fourth-order valence-corrected chi connectivity index (χ4v) is 9.41. The lowest BCUT2D eigenvalue weighted by Crippen LogP contribution is -2.59. The normalized spacial score (nSPS) is 51.5. The van der Waals surface area contributed by atoms with E-state index >= 15 is 0 Å². The Kier molecular flexibility index (Phi) is 4.18. The van der Waals surface area contributed by atoms with Crippen molar-refractivity contribution in [2.24, 2.45) is 40.9 Å². The van der Waals surface area contributed by atoms with Gasteiger partial charge < -0.3 is 15.2 Å². The summed E-state index contributed by atoms with van der Waals surface area (Å²) in [6.07, 6.45) is 14.7. The zero-order chi connectivity index (χ0) is 18.9. The van der Waals surface area contributed by atoms with Crippen LogP contribution >= 0.6 is 0 Å². The Balaban J connectivity index is 1.02. The summed E-state index contributed by atoms with van der Waals surface area (Å²) in [7, 11) is 0. The highest BCUT2D eigenvalue weighted by molar-refractivity contribution is 5.77. The summed E-state index contributed by atoms with van der Waals surface area (Å²) >= 11 is 0. The third-order valence-corrected chi connectivity index (χ3v) is 9.63. The molecule has 28 heavy (non-hydrogen) atoms. The maximum Gasteiger partial charge on any atom is 0.312 e. The van der Waals surface area contributed by atoms with E-state index in [1.165, 1.54) is 57.8 Å². The van der Waals surface area contributed by atoms with Gasteiger partial charge in [0.1, 0.15) is 12.7 Å². The van der Waals surface area contributed by atoms with Crippen LogP contribution in [-0.4, -0.2) is 35.9 Å². The zero-order valence-corrected chi connectivity index (χ0v) is 17.2. The Labute approximate surface area is 169 Å². The molecule has 8 aliphatic rings. The highest BCUT2D eigenvalue weighted by atomic mass is 16.5. The molecule has 8 saturated carbocycles. The predicted octanol–water partition coefficient (Wildman–Crippen LogP) is 3.67. The summed E-state index contributed by atoms with van der Waals surface area (Å²) in [6, 6.07) is 0. The van der Waals surface area contributed by atoms with Gasteiger partial charge in [-0.25, -0.2) is 0 Å². The zero-order valence-electron chi connectivity index (χ0n) is 17.2. The largest absolute Gasteiger partial charge is 0.462 e. The number of nitrogens with one attached hydrogen (secondary N) is 1. The second kappa shape index (κ2) is 6.44. The van der Waals surface area contributed by atoms with Crippen molar-refractivity contribution in [3.63, 3.8) is 0 Å². The van der Waals surface area contributed by atoms with Crippen LogP contribution in [0.5, 0.6) is 0 Å². The van der Waals surface area contributed by atoms with Gasteiger partial charge in [0.2, 0.25) is 0 Å². The van der Waals surface area contributed by atoms with E-state index in [4.69, 9.17) is 4.74 Å². The van der Waals surface area contributed by atoms with E-state index in [1.807, 2.05) is 0 Å². The lowest BCUT2D eigenvalue weighted by molar-refractivity contribution is -0.174. The van der Waals surface area contributed by atoms with Gasteiger partial charge in [0.25, 0.3) is 0 Å². The summed E-state index contributed by atoms with van der Waals surface area (Å²) in [6.45, 7) is 0.736. The van der Waals surface area contributed by atoms with Crippen LogP contribution in [0.1, 0.15) is 77.0 Å². The van der Waals surface area contributed by atoms with Crippen LogP contribution in [0.3, 0.4) is 0 Å². The van der Waals surface area contributed by atoms with Crippen molar-refractivity contribution < 1.29 is 14.6 Å². The highest BCUT2D eigenvalue weighted by Gasteiger charge is 2.55. The first kappa shape index (κ1) is 18.2. The Morgan fingerprint density at radius 1 is 0.821 bits per heavy atom. The van der Waals surface area contributed by atoms with Crippen LogP contribution in [0.2, 0.25) is 0 Å². The maximum absolute atomic E-state index is 13.0. The Bertz CT molecular complexity index is 573. The van der Waals surface area contributed by atoms with E-state index in [-0.39, 0.29) is 23.5 Å². The molecule has 0 heterocycles. The maximum atomic E-state index is 13.0. The van der Waals surface area contributed by atoms with Crippen LogP contribution in [-0.2, 0) is 9.53 Å². The Morgan fingerprint density at radius 2 is 1.25 bits per heavy atom. The molecule has 0 aromatic carbocycles. The number of aliphatic hydroxyl groups excluding tert-OH is 1. The van der Waals surface area contributed by atoms with Crippen LogP contribution in [0, 0.1) is 40.9 Å². The number of esters is 1. The van der Waals surface area contributed by atoms with E-state index in [2.05, 4.69) is 5.32 Å². The molecule has 2 N–H and O–H groups in total. The first-order valence-electron chi connectivity index (χ1n) is 12.1. The van der Waals surface area contributed by atoms with E-state index < -0.39 is 6.10 Å². The predicted molar refractivity (Wildman–Crippen MR) is 106 cm³/mol. The number of hydrogen-bond donors (Lipinski definition) is 2. The summed E-state index contributed by atoms with van der Waals surface area (Å²) in [4.78, 5) is 13.0. The molecule has 4 nitrogen and oxygen atoms in total. The van der Waals surface area contributed by atoms with Crippen molar-refractivity contribution in [3.8, 4) is 0 Å². The number of rotatable bonds is 6. The molecule has 0 aliphatic heterocycles. The van der Waals surface area contributed by atoms with E-state index in [1.54, 1.807) is 0 Å². The SMILES string of the molecule is O=C(OC[C@H](O)CNC12CC3CC(CC(C3)C1)C2)C12CC3CC(CC(C3)C1)C2. The molecule has 0 aromatic heterocycles.